The van der Waals surface area contributed by atoms with Crippen LogP contribution in [0.1, 0.15) is 5.56 Å². The van der Waals surface area contributed by atoms with Crippen molar-refractivity contribution in [3.8, 4) is 11.3 Å². The van der Waals surface area contributed by atoms with Gasteiger partial charge < -0.3 is 10.1 Å². The first-order valence-corrected chi connectivity index (χ1v) is 8.89. The van der Waals surface area contributed by atoms with Gasteiger partial charge in [-0.25, -0.2) is 0 Å². The number of pyridine rings is 1. The van der Waals surface area contributed by atoms with Gasteiger partial charge in [0.1, 0.15) is 0 Å². The molecule has 0 spiro atoms. The summed E-state index contributed by atoms with van der Waals surface area (Å²) in [5.74, 6) is 0. The standard InChI is InChI=1S/C18H20BrN3O/c19-14-3-1-13(2-4-14)18-16-11-15(21-17(16)5-6-20-18)12-22-7-9-23-10-8-22/h1-6,15,21H,7-12H2. The van der Waals surface area contributed by atoms with Crippen LogP contribution in [0.5, 0.6) is 0 Å². The first-order valence-electron chi connectivity index (χ1n) is 8.10. The molecule has 4 nitrogen and oxygen atoms in total. The van der Waals surface area contributed by atoms with E-state index in [0.29, 0.717) is 6.04 Å². The molecule has 1 atom stereocenters. The number of rotatable bonds is 3. The highest BCUT2D eigenvalue weighted by Crippen LogP contribution is 2.34. The van der Waals surface area contributed by atoms with Gasteiger partial charge in [-0.15, -0.1) is 0 Å². The van der Waals surface area contributed by atoms with Crippen LogP contribution in [-0.2, 0) is 11.2 Å². The molecule has 0 saturated carbocycles. The molecule has 1 aromatic heterocycles. The van der Waals surface area contributed by atoms with Crippen molar-refractivity contribution in [2.75, 3.05) is 38.2 Å². The van der Waals surface area contributed by atoms with Gasteiger partial charge in [-0.05, 0) is 24.6 Å². The molecular formula is C18H20BrN3O. The number of fused-ring (bicyclic) bond motifs is 1. The molecule has 120 valence electrons. The van der Waals surface area contributed by atoms with Crippen molar-refractivity contribution in [2.45, 2.75) is 12.5 Å². The Hall–Kier alpha value is -1.43. The number of benzene rings is 1. The van der Waals surface area contributed by atoms with E-state index < -0.39 is 0 Å². The molecule has 4 rings (SSSR count). The molecule has 3 heterocycles. The predicted octanol–water partition coefficient (Wildman–Crippen LogP) is 3.18. The Kier molecular flexibility index (Phi) is 4.33. The summed E-state index contributed by atoms with van der Waals surface area (Å²) in [6.07, 6.45) is 2.94. The van der Waals surface area contributed by atoms with Gasteiger partial charge >= 0.3 is 0 Å². The zero-order chi connectivity index (χ0) is 15.6. The van der Waals surface area contributed by atoms with Crippen LogP contribution in [0.25, 0.3) is 11.3 Å². The maximum atomic E-state index is 5.44. The van der Waals surface area contributed by atoms with E-state index in [2.05, 4.69) is 61.5 Å². The normalized spacial score (nSPS) is 21.0. The summed E-state index contributed by atoms with van der Waals surface area (Å²) in [4.78, 5) is 7.13. The molecule has 23 heavy (non-hydrogen) atoms. The average Bonchev–Trinajstić information content (AvgIpc) is 2.99. The minimum atomic E-state index is 0.460. The number of anilines is 1. The van der Waals surface area contributed by atoms with E-state index in [0.717, 1.165) is 49.4 Å². The fraction of sp³-hybridized carbons (Fsp3) is 0.389. The van der Waals surface area contributed by atoms with Crippen LogP contribution in [0.3, 0.4) is 0 Å². The van der Waals surface area contributed by atoms with Crippen molar-refractivity contribution < 1.29 is 4.74 Å². The van der Waals surface area contributed by atoms with Crippen LogP contribution in [-0.4, -0.2) is 48.8 Å². The number of morpholine rings is 1. The van der Waals surface area contributed by atoms with Gasteiger partial charge in [-0.1, -0.05) is 28.1 Å². The molecule has 2 aliphatic heterocycles. The number of hydrogen-bond donors (Lipinski definition) is 1. The minimum Gasteiger partial charge on any atom is -0.380 e. The summed E-state index contributed by atoms with van der Waals surface area (Å²) in [6, 6.07) is 11.0. The summed E-state index contributed by atoms with van der Waals surface area (Å²) in [5, 5.41) is 3.67. The van der Waals surface area contributed by atoms with Gasteiger partial charge in [0.05, 0.1) is 18.9 Å². The molecule has 5 heteroatoms. The Bertz CT molecular complexity index is 683. The fourth-order valence-corrected chi connectivity index (χ4v) is 3.68. The highest BCUT2D eigenvalue weighted by molar-refractivity contribution is 9.10. The van der Waals surface area contributed by atoms with Gasteiger partial charge in [-0.2, -0.15) is 0 Å². The molecule has 1 unspecified atom stereocenters. The monoisotopic (exact) mass is 373 g/mol. The second kappa shape index (κ2) is 6.59. The number of nitrogens with one attached hydrogen (secondary N) is 1. The van der Waals surface area contributed by atoms with E-state index in [9.17, 15) is 0 Å². The molecule has 1 N–H and O–H groups in total. The molecule has 2 aliphatic rings. The van der Waals surface area contributed by atoms with Gasteiger partial charge in [0.2, 0.25) is 0 Å². The minimum absolute atomic E-state index is 0.460. The smallest absolute Gasteiger partial charge is 0.0755 e. The van der Waals surface area contributed by atoms with E-state index in [1.54, 1.807) is 0 Å². The Morgan fingerprint density at radius 1 is 1.17 bits per heavy atom. The third-order valence-corrected chi connectivity index (χ3v) is 5.09. The van der Waals surface area contributed by atoms with E-state index in [4.69, 9.17) is 4.74 Å². The van der Waals surface area contributed by atoms with Crippen LogP contribution in [0.2, 0.25) is 0 Å². The third-order valence-electron chi connectivity index (χ3n) is 4.57. The number of ether oxygens (including phenoxy) is 1. The Labute approximate surface area is 145 Å². The highest BCUT2D eigenvalue weighted by Gasteiger charge is 2.26. The van der Waals surface area contributed by atoms with Crippen LogP contribution < -0.4 is 5.32 Å². The Morgan fingerprint density at radius 2 is 1.96 bits per heavy atom. The lowest BCUT2D eigenvalue weighted by atomic mass is 10.0. The van der Waals surface area contributed by atoms with Crippen molar-refractivity contribution >= 4 is 21.6 Å². The molecule has 1 fully saturated rings. The first-order chi connectivity index (χ1) is 11.3. The molecular weight excluding hydrogens is 354 g/mol. The highest BCUT2D eigenvalue weighted by atomic mass is 79.9. The van der Waals surface area contributed by atoms with Crippen molar-refractivity contribution in [1.82, 2.24) is 9.88 Å². The van der Waals surface area contributed by atoms with E-state index in [1.165, 1.54) is 16.8 Å². The van der Waals surface area contributed by atoms with Gasteiger partial charge in [0, 0.05) is 53.2 Å². The van der Waals surface area contributed by atoms with Crippen molar-refractivity contribution in [2.24, 2.45) is 0 Å². The lowest BCUT2D eigenvalue weighted by Gasteiger charge is -2.29. The summed E-state index contributed by atoms with van der Waals surface area (Å²) in [5.41, 5.74) is 4.86. The third kappa shape index (κ3) is 3.27. The summed E-state index contributed by atoms with van der Waals surface area (Å²) < 4.78 is 6.53. The van der Waals surface area contributed by atoms with Crippen LogP contribution in [0.15, 0.2) is 41.0 Å². The molecule has 2 aromatic rings. The molecule has 0 radical (unpaired) electrons. The number of aromatic nitrogens is 1. The van der Waals surface area contributed by atoms with Crippen LogP contribution in [0, 0.1) is 0 Å². The number of nitrogens with zero attached hydrogens (tertiary/aromatic N) is 2. The summed E-state index contributed by atoms with van der Waals surface area (Å²) in [6.45, 7) is 4.84. The zero-order valence-corrected chi connectivity index (χ0v) is 14.6. The average molecular weight is 374 g/mol. The molecule has 1 aromatic carbocycles. The second-order valence-electron chi connectivity index (χ2n) is 6.15. The second-order valence-corrected chi connectivity index (χ2v) is 7.07. The van der Waals surface area contributed by atoms with Gasteiger partial charge in [-0.3, -0.25) is 9.88 Å². The van der Waals surface area contributed by atoms with E-state index >= 15 is 0 Å². The topological polar surface area (TPSA) is 37.4 Å². The largest absolute Gasteiger partial charge is 0.380 e. The van der Waals surface area contributed by atoms with Gasteiger partial charge in [0.15, 0.2) is 0 Å². The zero-order valence-electron chi connectivity index (χ0n) is 13.0. The maximum absolute atomic E-state index is 5.44. The van der Waals surface area contributed by atoms with E-state index in [1.807, 2.05) is 6.20 Å². The maximum Gasteiger partial charge on any atom is 0.0755 e. The molecule has 1 saturated heterocycles. The van der Waals surface area contributed by atoms with Crippen LogP contribution >= 0.6 is 15.9 Å². The lowest BCUT2D eigenvalue weighted by molar-refractivity contribution is 0.0364. The number of hydrogen-bond acceptors (Lipinski definition) is 4. The Balaban J connectivity index is 1.54. The fourth-order valence-electron chi connectivity index (χ4n) is 3.41. The van der Waals surface area contributed by atoms with Gasteiger partial charge in [0.25, 0.3) is 0 Å². The summed E-state index contributed by atoms with van der Waals surface area (Å²) >= 11 is 3.50. The van der Waals surface area contributed by atoms with Crippen LogP contribution in [0.4, 0.5) is 5.69 Å². The molecule has 0 bridgehead atoms. The van der Waals surface area contributed by atoms with Crippen molar-refractivity contribution in [3.05, 3.63) is 46.6 Å². The van der Waals surface area contributed by atoms with Crippen molar-refractivity contribution in [3.63, 3.8) is 0 Å². The van der Waals surface area contributed by atoms with E-state index in [-0.39, 0.29) is 0 Å². The quantitative estimate of drug-likeness (QED) is 0.896. The Morgan fingerprint density at radius 3 is 2.74 bits per heavy atom. The number of halogens is 1. The van der Waals surface area contributed by atoms with Crippen molar-refractivity contribution in [1.29, 1.82) is 0 Å². The molecule has 0 aliphatic carbocycles. The molecule has 0 amide bonds. The summed E-state index contributed by atoms with van der Waals surface area (Å²) in [7, 11) is 0. The SMILES string of the molecule is Brc1ccc(-c2nccc3c2CC(CN2CCOCC2)N3)cc1. The first kappa shape index (κ1) is 15.1. The lowest BCUT2D eigenvalue weighted by Crippen LogP contribution is -2.42. The predicted molar refractivity (Wildman–Crippen MR) is 95.7 cm³/mol.